The number of anilines is 1. The van der Waals surface area contributed by atoms with Crippen molar-refractivity contribution >= 4 is 11.7 Å². The van der Waals surface area contributed by atoms with Gasteiger partial charge in [0, 0.05) is 6.54 Å². The van der Waals surface area contributed by atoms with Gasteiger partial charge in [-0.1, -0.05) is 23.8 Å². The van der Waals surface area contributed by atoms with Gasteiger partial charge in [0.25, 0.3) is 0 Å². The maximum Gasteiger partial charge on any atom is 0.337 e. The zero-order chi connectivity index (χ0) is 13.0. The SMILES string of the molecule is Cc1cccc(C(=O)O)c1NCCC1=CCCC1. The van der Waals surface area contributed by atoms with Crippen molar-refractivity contribution in [1.82, 2.24) is 0 Å². The molecule has 0 amide bonds. The lowest BCUT2D eigenvalue weighted by molar-refractivity contribution is 0.0698. The van der Waals surface area contributed by atoms with Crippen LogP contribution in [0.3, 0.4) is 0 Å². The van der Waals surface area contributed by atoms with Gasteiger partial charge in [0.15, 0.2) is 0 Å². The Kier molecular flexibility index (Phi) is 4.03. The van der Waals surface area contributed by atoms with Gasteiger partial charge in [0.1, 0.15) is 0 Å². The smallest absolute Gasteiger partial charge is 0.337 e. The van der Waals surface area contributed by atoms with Crippen molar-refractivity contribution in [3.05, 3.63) is 41.0 Å². The molecule has 0 spiro atoms. The number of aromatic carboxylic acids is 1. The molecular weight excluding hydrogens is 226 g/mol. The maximum atomic E-state index is 11.1. The number of carboxylic acids is 1. The molecule has 0 radical (unpaired) electrons. The summed E-state index contributed by atoms with van der Waals surface area (Å²) in [4.78, 5) is 11.1. The first-order chi connectivity index (χ1) is 8.68. The molecule has 1 aliphatic rings. The first kappa shape index (κ1) is 12.7. The fourth-order valence-electron chi connectivity index (χ4n) is 2.39. The molecule has 0 fully saturated rings. The molecule has 2 rings (SSSR count). The largest absolute Gasteiger partial charge is 0.478 e. The first-order valence-electron chi connectivity index (χ1n) is 6.43. The Bertz CT molecular complexity index is 477. The molecule has 0 heterocycles. The number of aryl methyl sites for hydroxylation is 1. The standard InChI is InChI=1S/C15H19NO2/c1-11-5-4-8-13(15(17)18)14(11)16-10-9-12-6-2-3-7-12/h4-6,8,16H,2-3,7,9-10H2,1H3,(H,17,18). The maximum absolute atomic E-state index is 11.1. The highest BCUT2D eigenvalue weighted by Crippen LogP contribution is 2.23. The molecule has 3 heteroatoms. The average Bonchev–Trinajstić information content (AvgIpc) is 2.84. The highest BCUT2D eigenvalue weighted by molar-refractivity contribution is 5.95. The summed E-state index contributed by atoms with van der Waals surface area (Å²) in [5, 5.41) is 12.4. The molecule has 18 heavy (non-hydrogen) atoms. The highest BCUT2D eigenvalue weighted by atomic mass is 16.4. The van der Waals surface area contributed by atoms with Crippen molar-refractivity contribution < 1.29 is 9.90 Å². The molecular formula is C15H19NO2. The quantitative estimate of drug-likeness (QED) is 0.779. The Labute approximate surface area is 108 Å². The molecule has 1 aromatic carbocycles. The predicted octanol–water partition coefficient (Wildman–Crippen LogP) is 3.61. The fourth-order valence-corrected chi connectivity index (χ4v) is 2.39. The predicted molar refractivity (Wildman–Crippen MR) is 73.2 cm³/mol. The van der Waals surface area contributed by atoms with Gasteiger partial charge in [-0.05, 0) is 44.2 Å². The Morgan fingerprint density at radius 3 is 2.94 bits per heavy atom. The van der Waals surface area contributed by atoms with Gasteiger partial charge in [0.05, 0.1) is 11.3 Å². The molecule has 0 atom stereocenters. The van der Waals surface area contributed by atoms with Crippen molar-refractivity contribution in [2.75, 3.05) is 11.9 Å². The van der Waals surface area contributed by atoms with E-state index in [2.05, 4.69) is 11.4 Å². The van der Waals surface area contributed by atoms with E-state index >= 15 is 0 Å². The number of hydrogen-bond acceptors (Lipinski definition) is 2. The summed E-state index contributed by atoms with van der Waals surface area (Å²) in [5.41, 5.74) is 3.59. The Morgan fingerprint density at radius 2 is 2.28 bits per heavy atom. The van der Waals surface area contributed by atoms with Gasteiger partial charge in [0.2, 0.25) is 0 Å². The van der Waals surface area contributed by atoms with Crippen molar-refractivity contribution in [3.63, 3.8) is 0 Å². The minimum atomic E-state index is -0.874. The molecule has 0 saturated carbocycles. The third-order valence-corrected chi connectivity index (χ3v) is 3.39. The summed E-state index contributed by atoms with van der Waals surface area (Å²) in [5.74, 6) is -0.874. The zero-order valence-electron chi connectivity index (χ0n) is 10.7. The van der Waals surface area contributed by atoms with Crippen LogP contribution < -0.4 is 5.32 Å². The molecule has 96 valence electrons. The first-order valence-corrected chi connectivity index (χ1v) is 6.43. The van der Waals surface area contributed by atoms with Crippen LogP contribution in [-0.4, -0.2) is 17.6 Å². The second-order valence-electron chi connectivity index (χ2n) is 4.73. The van der Waals surface area contributed by atoms with Crippen molar-refractivity contribution in [1.29, 1.82) is 0 Å². The van der Waals surface area contributed by atoms with Gasteiger partial charge < -0.3 is 10.4 Å². The zero-order valence-corrected chi connectivity index (χ0v) is 10.7. The van der Waals surface area contributed by atoms with Crippen LogP contribution in [0.5, 0.6) is 0 Å². The van der Waals surface area contributed by atoms with Crippen LogP contribution in [0.1, 0.15) is 41.6 Å². The minimum absolute atomic E-state index is 0.357. The molecule has 3 nitrogen and oxygen atoms in total. The van der Waals surface area contributed by atoms with Crippen LogP contribution in [0.15, 0.2) is 29.8 Å². The molecule has 1 aromatic rings. The number of nitrogens with one attached hydrogen (secondary N) is 1. The monoisotopic (exact) mass is 245 g/mol. The van der Waals surface area contributed by atoms with E-state index in [0.717, 1.165) is 24.2 Å². The normalized spacial score (nSPS) is 14.4. The number of hydrogen-bond donors (Lipinski definition) is 2. The highest BCUT2D eigenvalue weighted by Gasteiger charge is 2.11. The third-order valence-electron chi connectivity index (χ3n) is 3.39. The van der Waals surface area contributed by atoms with E-state index in [1.165, 1.54) is 24.8 Å². The Balaban J connectivity index is 2.01. The van der Waals surface area contributed by atoms with Crippen LogP contribution in [0.25, 0.3) is 0 Å². The van der Waals surface area contributed by atoms with Crippen LogP contribution >= 0.6 is 0 Å². The summed E-state index contributed by atoms with van der Waals surface area (Å²) >= 11 is 0. The molecule has 2 N–H and O–H groups in total. The number of rotatable bonds is 5. The molecule has 0 bridgehead atoms. The summed E-state index contributed by atoms with van der Waals surface area (Å²) in [7, 11) is 0. The fraction of sp³-hybridized carbons (Fsp3) is 0.400. The number of benzene rings is 1. The number of carboxylic acid groups (broad SMARTS) is 1. The van der Waals surface area contributed by atoms with E-state index < -0.39 is 5.97 Å². The second-order valence-corrected chi connectivity index (χ2v) is 4.73. The van der Waals surface area contributed by atoms with Crippen molar-refractivity contribution in [2.45, 2.75) is 32.6 Å². The summed E-state index contributed by atoms with van der Waals surface area (Å²) in [6, 6.07) is 5.36. The van der Waals surface area contributed by atoms with E-state index in [-0.39, 0.29) is 0 Å². The lowest BCUT2D eigenvalue weighted by atomic mass is 10.1. The Morgan fingerprint density at radius 1 is 1.44 bits per heavy atom. The molecule has 0 aromatic heterocycles. The lowest BCUT2D eigenvalue weighted by Crippen LogP contribution is -2.09. The summed E-state index contributed by atoms with van der Waals surface area (Å²) in [6.45, 7) is 2.74. The average molecular weight is 245 g/mol. The van der Waals surface area contributed by atoms with Crippen LogP contribution in [-0.2, 0) is 0 Å². The topological polar surface area (TPSA) is 49.3 Å². The Hall–Kier alpha value is -1.77. The van der Waals surface area contributed by atoms with Crippen molar-refractivity contribution in [2.24, 2.45) is 0 Å². The van der Waals surface area contributed by atoms with Crippen molar-refractivity contribution in [3.8, 4) is 0 Å². The number of allylic oxidation sites excluding steroid dienone is 1. The van der Waals surface area contributed by atoms with E-state index in [9.17, 15) is 4.79 Å². The van der Waals surface area contributed by atoms with Gasteiger partial charge in [-0.15, -0.1) is 0 Å². The molecule has 0 aliphatic heterocycles. The third kappa shape index (κ3) is 2.92. The van der Waals surface area contributed by atoms with Crippen LogP contribution in [0, 0.1) is 6.92 Å². The molecule has 0 unspecified atom stereocenters. The van der Waals surface area contributed by atoms with Gasteiger partial charge in [-0.3, -0.25) is 0 Å². The summed E-state index contributed by atoms with van der Waals surface area (Å²) < 4.78 is 0. The number of para-hydroxylation sites is 1. The second kappa shape index (κ2) is 5.71. The van der Waals surface area contributed by atoms with E-state index in [4.69, 9.17) is 5.11 Å². The minimum Gasteiger partial charge on any atom is -0.478 e. The molecule has 1 aliphatic carbocycles. The van der Waals surface area contributed by atoms with Gasteiger partial charge in [-0.25, -0.2) is 4.79 Å². The molecule has 0 saturated heterocycles. The van der Waals surface area contributed by atoms with Crippen LogP contribution in [0.2, 0.25) is 0 Å². The number of carbonyl (C=O) groups is 1. The van der Waals surface area contributed by atoms with E-state index in [0.29, 0.717) is 5.56 Å². The van der Waals surface area contributed by atoms with E-state index in [1.807, 2.05) is 13.0 Å². The summed E-state index contributed by atoms with van der Waals surface area (Å²) in [6.07, 6.45) is 6.96. The lowest BCUT2D eigenvalue weighted by Gasteiger charge is -2.12. The van der Waals surface area contributed by atoms with Crippen LogP contribution in [0.4, 0.5) is 5.69 Å². The van der Waals surface area contributed by atoms with Gasteiger partial charge >= 0.3 is 5.97 Å². The van der Waals surface area contributed by atoms with Gasteiger partial charge in [-0.2, -0.15) is 0 Å². The van der Waals surface area contributed by atoms with E-state index in [1.54, 1.807) is 12.1 Å².